The monoisotopic (exact) mass is 270 g/mol. The van der Waals surface area contributed by atoms with Gasteiger partial charge in [-0.1, -0.05) is 11.6 Å². The van der Waals surface area contributed by atoms with E-state index < -0.39 is 0 Å². The van der Waals surface area contributed by atoms with Crippen molar-refractivity contribution in [2.45, 2.75) is 19.9 Å². The average Bonchev–Trinajstić information content (AvgIpc) is 2.61. The lowest BCUT2D eigenvalue weighted by molar-refractivity contribution is 0.119. The van der Waals surface area contributed by atoms with E-state index in [0.717, 1.165) is 11.0 Å². The standard InChI is InChI=1S/C12H15ClN2OS/c1-3-16-7-8(2)15-11-6-9(13)4-5-10(11)14-12(15)17/h4-6,8H,3,7H2,1-2H3,(H,14,17). The fourth-order valence-electron chi connectivity index (χ4n) is 1.90. The van der Waals surface area contributed by atoms with Crippen LogP contribution in [0, 0.1) is 4.77 Å². The molecule has 0 radical (unpaired) electrons. The topological polar surface area (TPSA) is 29.9 Å². The Labute approximate surface area is 110 Å². The molecule has 92 valence electrons. The number of fused-ring (bicyclic) bond motifs is 1. The molecule has 1 aromatic carbocycles. The molecule has 0 aliphatic carbocycles. The SMILES string of the molecule is CCOCC(C)n1c(=S)[nH]c2ccc(Cl)cc21. The third kappa shape index (κ3) is 2.54. The van der Waals surface area contributed by atoms with Crippen LogP contribution in [0.25, 0.3) is 11.0 Å². The van der Waals surface area contributed by atoms with Gasteiger partial charge in [0.1, 0.15) is 0 Å². The van der Waals surface area contributed by atoms with Crippen molar-refractivity contribution in [1.82, 2.24) is 9.55 Å². The number of hydrogen-bond acceptors (Lipinski definition) is 2. The summed E-state index contributed by atoms with van der Waals surface area (Å²) < 4.78 is 8.19. The third-order valence-electron chi connectivity index (χ3n) is 2.68. The lowest BCUT2D eigenvalue weighted by atomic mass is 10.3. The van der Waals surface area contributed by atoms with Gasteiger partial charge in [-0.15, -0.1) is 0 Å². The summed E-state index contributed by atoms with van der Waals surface area (Å²) in [5.74, 6) is 0. The highest BCUT2D eigenvalue weighted by Gasteiger charge is 2.11. The summed E-state index contributed by atoms with van der Waals surface area (Å²) in [6.45, 7) is 5.42. The molecular weight excluding hydrogens is 256 g/mol. The highest BCUT2D eigenvalue weighted by molar-refractivity contribution is 7.71. The van der Waals surface area contributed by atoms with Crippen LogP contribution in [0.5, 0.6) is 0 Å². The number of aromatic amines is 1. The van der Waals surface area contributed by atoms with Crippen LogP contribution in [-0.4, -0.2) is 22.8 Å². The van der Waals surface area contributed by atoms with Crippen molar-refractivity contribution in [3.05, 3.63) is 28.0 Å². The van der Waals surface area contributed by atoms with Crippen molar-refractivity contribution in [3.8, 4) is 0 Å². The zero-order chi connectivity index (χ0) is 12.4. The van der Waals surface area contributed by atoms with Crippen molar-refractivity contribution < 1.29 is 4.74 Å². The van der Waals surface area contributed by atoms with Crippen molar-refractivity contribution in [2.24, 2.45) is 0 Å². The molecule has 0 fully saturated rings. The highest BCUT2D eigenvalue weighted by atomic mass is 35.5. The third-order valence-corrected chi connectivity index (χ3v) is 3.22. The number of benzene rings is 1. The minimum atomic E-state index is 0.190. The average molecular weight is 271 g/mol. The number of nitrogens with one attached hydrogen (secondary N) is 1. The van der Waals surface area contributed by atoms with Crippen LogP contribution in [-0.2, 0) is 4.74 Å². The van der Waals surface area contributed by atoms with E-state index in [2.05, 4.69) is 11.9 Å². The molecular formula is C12H15ClN2OS. The smallest absolute Gasteiger partial charge is 0.178 e. The van der Waals surface area contributed by atoms with Crippen LogP contribution in [0.3, 0.4) is 0 Å². The van der Waals surface area contributed by atoms with E-state index in [1.807, 2.05) is 29.7 Å². The first-order valence-electron chi connectivity index (χ1n) is 5.61. The van der Waals surface area contributed by atoms with Crippen LogP contribution in [0.2, 0.25) is 5.02 Å². The van der Waals surface area contributed by atoms with Crippen LogP contribution < -0.4 is 0 Å². The van der Waals surface area contributed by atoms with E-state index in [4.69, 9.17) is 28.6 Å². The van der Waals surface area contributed by atoms with Gasteiger partial charge in [0.2, 0.25) is 0 Å². The minimum Gasteiger partial charge on any atom is -0.380 e. The molecule has 1 N–H and O–H groups in total. The molecule has 1 atom stereocenters. The van der Waals surface area contributed by atoms with Crippen molar-refractivity contribution in [2.75, 3.05) is 13.2 Å². The first-order chi connectivity index (χ1) is 8.13. The van der Waals surface area contributed by atoms with E-state index >= 15 is 0 Å². The number of hydrogen-bond donors (Lipinski definition) is 1. The maximum atomic E-state index is 6.02. The molecule has 2 rings (SSSR count). The Morgan fingerprint density at radius 3 is 3.00 bits per heavy atom. The molecule has 0 amide bonds. The summed E-state index contributed by atoms with van der Waals surface area (Å²) in [7, 11) is 0. The second kappa shape index (κ2) is 5.21. The summed E-state index contributed by atoms with van der Waals surface area (Å²) >= 11 is 11.3. The van der Waals surface area contributed by atoms with Crippen molar-refractivity contribution >= 4 is 34.9 Å². The number of nitrogens with zero attached hydrogens (tertiary/aromatic N) is 1. The number of halogens is 1. The van der Waals surface area contributed by atoms with E-state index in [0.29, 0.717) is 23.0 Å². The molecule has 0 bridgehead atoms. The zero-order valence-corrected chi connectivity index (χ0v) is 11.4. The molecule has 5 heteroatoms. The lowest BCUT2D eigenvalue weighted by Gasteiger charge is -2.14. The van der Waals surface area contributed by atoms with Gasteiger partial charge >= 0.3 is 0 Å². The summed E-state index contributed by atoms with van der Waals surface area (Å²) in [6, 6.07) is 5.91. The molecule has 0 saturated carbocycles. The quantitative estimate of drug-likeness (QED) is 0.853. The Hall–Kier alpha value is -0.840. The predicted molar refractivity (Wildman–Crippen MR) is 73.3 cm³/mol. The number of rotatable bonds is 4. The van der Waals surface area contributed by atoms with Crippen LogP contribution in [0.15, 0.2) is 18.2 Å². The van der Waals surface area contributed by atoms with Gasteiger partial charge in [-0.2, -0.15) is 0 Å². The second-order valence-corrected chi connectivity index (χ2v) is 4.79. The molecule has 0 aliphatic rings. The van der Waals surface area contributed by atoms with Gasteiger partial charge in [0.25, 0.3) is 0 Å². The van der Waals surface area contributed by atoms with Gasteiger partial charge in [0.15, 0.2) is 4.77 Å². The van der Waals surface area contributed by atoms with Gasteiger partial charge in [0.05, 0.1) is 23.7 Å². The fourth-order valence-corrected chi connectivity index (χ4v) is 2.45. The van der Waals surface area contributed by atoms with E-state index in [9.17, 15) is 0 Å². The normalized spacial score (nSPS) is 13.1. The molecule has 1 heterocycles. The second-order valence-electron chi connectivity index (χ2n) is 3.97. The molecule has 1 aromatic heterocycles. The Kier molecular flexibility index (Phi) is 3.86. The molecule has 0 spiro atoms. The molecule has 0 saturated heterocycles. The molecule has 0 aliphatic heterocycles. The van der Waals surface area contributed by atoms with Gasteiger partial charge < -0.3 is 14.3 Å². The molecule has 1 unspecified atom stereocenters. The van der Waals surface area contributed by atoms with Gasteiger partial charge in [0, 0.05) is 11.6 Å². The maximum Gasteiger partial charge on any atom is 0.178 e. The molecule has 3 nitrogen and oxygen atoms in total. The van der Waals surface area contributed by atoms with E-state index in [1.54, 1.807) is 0 Å². The first-order valence-corrected chi connectivity index (χ1v) is 6.39. The van der Waals surface area contributed by atoms with Crippen LogP contribution >= 0.6 is 23.8 Å². The maximum absolute atomic E-state index is 6.02. The van der Waals surface area contributed by atoms with Gasteiger partial charge in [-0.3, -0.25) is 0 Å². The highest BCUT2D eigenvalue weighted by Crippen LogP contribution is 2.22. The first kappa shape index (κ1) is 12.6. The van der Waals surface area contributed by atoms with Crippen molar-refractivity contribution in [1.29, 1.82) is 0 Å². The summed E-state index contributed by atoms with van der Waals surface area (Å²) in [4.78, 5) is 3.18. The number of ether oxygens (including phenoxy) is 1. The van der Waals surface area contributed by atoms with E-state index in [-0.39, 0.29) is 6.04 Å². The summed E-state index contributed by atoms with van der Waals surface area (Å²) in [5.41, 5.74) is 2.03. The Bertz CT molecular complexity index is 575. The Morgan fingerprint density at radius 2 is 2.29 bits per heavy atom. The van der Waals surface area contributed by atoms with Crippen LogP contribution in [0.1, 0.15) is 19.9 Å². The number of aromatic nitrogens is 2. The summed E-state index contributed by atoms with van der Waals surface area (Å²) in [5, 5.41) is 0.712. The summed E-state index contributed by atoms with van der Waals surface area (Å²) in [6.07, 6.45) is 0. The van der Waals surface area contributed by atoms with Gasteiger partial charge in [-0.25, -0.2) is 0 Å². The predicted octanol–water partition coefficient (Wildman–Crippen LogP) is 3.95. The number of imidazole rings is 1. The Balaban J connectivity index is 2.48. The largest absolute Gasteiger partial charge is 0.380 e. The van der Waals surface area contributed by atoms with Gasteiger partial charge in [-0.05, 0) is 44.3 Å². The number of H-pyrrole nitrogens is 1. The fraction of sp³-hybridized carbons (Fsp3) is 0.417. The zero-order valence-electron chi connectivity index (χ0n) is 9.87. The van der Waals surface area contributed by atoms with E-state index in [1.165, 1.54) is 0 Å². The van der Waals surface area contributed by atoms with Crippen molar-refractivity contribution in [3.63, 3.8) is 0 Å². The minimum absolute atomic E-state index is 0.190. The van der Waals surface area contributed by atoms with Crippen LogP contribution in [0.4, 0.5) is 0 Å². The lowest BCUT2D eigenvalue weighted by Crippen LogP contribution is -2.12. The molecule has 17 heavy (non-hydrogen) atoms. The Morgan fingerprint density at radius 1 is 1.53 bits per heavy atom. The molecule has 2 aromatic rings.